The fourth-order valence-electron chi connectivity index (χ4n) is 4.69. The van der Waals surface area contributed by atoms with Gasteiger partial charge in [-0.05, 0) is 42.7 Å². The Morgan fingerprint density at radius 2 is 1.84 bits per heavy atom. The minimum absolute atomic E-state index is 0.0664. The molecule has 1 aromatic heterocycles. The quantitative estimate of drug-likeness (QED) is 0.374. The van der Waals surface area contributed by atoms with E-state index in [4.69, 9.17) is 20.3 Å². The Balaban J connectivity index is 1.35. The summed E-state index contributed by atoms with van der Waals surface area (Å²) < 4.78 is 11.6. The van der Waals surface area contributed by atoms with Crippen molar-refractivity contribution in [1.82, 2.24) is 4.90 Å². The molecule has 0 radical (unpaired) electrons. The van der Waals surface area contributed by atoms with E-state index in [1.54, 1.807) is 17.0 Å². The van der Waals surface area contributed by atoms with Crippen molar-refractivity contribution in [3.8, 4) is 17.6 Å². The maximum Gasteiger partial charge on any atom is 0.289 e. The van der Waals surface area contributed by atoms with Crippen molar-refractivity contribution in [1.29, 1.82) is 5.41 Å². The second kappa shape index (κ2) is 7.93. The fraction of sp³-hybridized carbons (Fsp3) is 0.231. The predicted molar refractivity (Wildman–Crippen MR) is 121 cm³/mol. The average Bonchev–Trinajstić information content (AvgIpc) is 3.44. The van der Waals surface area contributed by atoms with Gasteiger partial charge < -0.3 is 19.8 Å². The second-order valence-corrected chi connectivity index (χ2v) is 8.23. The highest BCUT2D eigenvalue weighted by Crippen LogP contribution is 2.48. The smallest absolute Gasteiger partial charge is 0.289 e. The lowest BCUT2D eigenvalue weighted by Gasteiger charge is -2.44. The van der Waals surface area contributed by atoms with Crippen LogP contribution in [0.15, 0.2) is 71.1 Å². The number of furan rings is 1. The Labute approximate surface area is 186 Å². The van der Waals surface area contributed by atoms with Gasteiger partial charge in [0.2, 0.25) is 0 Å². The zero-order valence-corrected chi connectivity index (χ0v) is 17.5. The van der Waals surface area contributed by atoms with Crippen LogP contribution in [0, 0.1) is 23.2 Å². The normalized spacial score (nSPS) is 21.4. The average molecular weight is 425 g/mol. The number of para-hydroxylation sites is 1. The van der Waals surface area contributed by atoms with Crippen LogP contribution in [0.2, 0.25) is 0 Å². The van der Waals surface area contributed by atoms with Crippen molar-refractivity contribution in [2.75, 3.05) is 19.7 Å². The van der Waals surface area contributed by atoms with Gasteiger partial charge in [0.25, 0.3) is 5.91 Å². The van der Waals surface area contributed by atoms with Crippen molar-refractivity contribution in [3.05, 3.63) is 89.4 Å². The molecule has 2 aliphatic rings. The van der Waals surface area contributed by atoms with Crippen LogP contribution in [0.1, 0.15) is 33.9 Å². The number of hydrogen-bond donors (Lipinski definition) is 2. The highest BCUT2D eigenvalue weighted by molar-refractivity contribution is 5.92. The number of likely N-dealkylation sites (tertiary alicyclic amines) is 1. The molecule has 0 aliphatic carbocycles. The summed E-state index contributed by atoms with van der Waals surface area (Å²) in [7, 11) is 0. The molecule has 3 aromatic rings. The van der Waals surface area contributed by atoms with Crippen LogP contribution >= 0.6 is 0 Å². The van der Waals surface area contributed by atoms with Crippen molar-refractivity contribution in [3.63, 3.8) is 0 Å². The maximum atomic E-state index is 13.1. The number of nitrogens with one attached hydrogen (secondary N) is 1. The third-order valence-corrected chi connectivity index (χ3v) is 6.39. The molecule has 0 saturated carbocycles. The summed E-state index contributed by atoms with van der Waals surface area (Å²) in [5, 5.41) is 8.24. The highest BCUT2D eigenvalue weighted by Gasteiger charge is 2.51. The van der Waals surface area contributed by atoms with Crippen molar-refractivity contribution >= 4 is 11.7 Å². The molecule has 2 unspecified atom stereocenters. The van der Waals surface area contributed by atoms with E-state index in [9.17, 15) is 4.79 Å². The topological polar surface area (TPSA) is 92.6 Å². The Morgan fingerprint density at radius 1 is 1.06 bits per heavy atom. The van der Waals surface area contributed by atoms with Crippen LogP contribution in [0.3, 0.4) is 0 Å². The molecule has 0 bridgehead atoms. The number of fused-ring (bicyclic) bond motifs is 2. The van der Waals surface area contributed by atoms with Gasteiger partial charge in [-0.1, -0.05) is 42.3 Å². The first-order chi connectivity index (χ1) is 15.6. The number of rotatable bonds is 2. The number of amidine groups is 1. The number of nitrogens with zero attached hydrogens (tertiary/aromatic N) is 1. The first kappa shape index (κ1) is 20.0. The second-order valence-electron chi connectivity index (χ2n) is 8.23. The van der Waals surface area contributed by atoms with E-state index >= 15 is 0 Å². The SMILES string of the molecule is N=C(N)C1CN(C(=O)c2ccc(C#Cc3ccccc3)o2)CCC12COc1ccccc12. The lowest BCUT2D eigenvalue weighted by atomic mass is 9.66. The molecule has 6 heteroatoms. The van der Waals surface area contributed by atoms with Crippen LogP contribution in [0.4, 0.5) is 0 Å². The summed E-state index contributed by atoms with van der Waals surface area (Å²) in [6.07, 6.45) is 0.668. The molecule has 3 heterocycles. The number of benzene rings is 2. The molecule has 160 valence electrons. The molecule has 2 atom stereocenters. The molecule has 5 rings (SSSR count). The zero-order valence-electron chi connectivity index (χ0n) is 17.5. The summed E-state index contributed by atoms with van der Waals surface area (Å²) in [5.41, 5.74) is 7.60. The lowest BCUT2D eigenvalue weighted by molar-refractivity contribution is 0.0549. The van der Waals surface area contributed by atoms with E-state index in [1.165, 1.54) is 0 Å². The predicted octanol–water partition coefficient (Wildman–Crippen LogP) is 3.41. The highest BCUT2D eigenvalue weighted by atomic mass is 16.5. The van der Waals surface area contributed by atoms with Crippen molar-refractivity contribution in [2.45, 2.75) is 11.8 Å². The Bertz CT molecular complexity index is 1240. The molecule has 1 fully saturated rings. The van der Waals surface area contributed by atoms with Gasteiger partial charge in [-0.3, -0.25) is 10.2 Å². The van der Waals surface area contributed by atoms with E-state index in [0.717, 1.165) is 16.9 Å². The molecule has 2 aromatic carbocycles. The van der Waals surface area contributed by atoms with Crippen LogP contribution in [0.25, 0.3) is 0 Å². The summed E-state index contributed by atoms with van der Waals surface area (Å²) in [6, 6.07) is 20.9. The molecule has 1 spiro atoms. The molecule has 32 heavy (non-hydrogen) atoms. The number of nitrogens with two attached hydrogens (primary N) is 1. The van der Waals surface area contributed by atoms with E-state index in [1.807, 2.05) is 54.6 Å². The van der Waals surface area contributed by atoms with Crippen LogP contribution in [-0.2, 0) is 5.41 Å². The van der Waals surface area contributed by atoms with E-state index in [2.05, 4.69) is 11.8 Å². The molecule has 1 amide bonds. The fourth-order valence-corrected chi connectivity index (χ4v) is 4.69. The Morgan fingerprint density at radius 3 is 2.66 bits per heavy atom. The standard InChI is InChI=1S/C26H23N3O3/c27-24(28)21-16-29(15-14-26(21)17-31-22-9-5-4-8-20(22)26)25(30)23-13-12-19(32-23)11-10-18-6-2-1-3-7-18/h1-9,12-13,21H,14-17H2,(H3,27,28). The van der Waals surface area contributed by atoms with Crippen LogP contribution in [-0.4, -0.2) is 36.3 Å². The minimum Gasteiger partial charge on any atom is -0.492 e. The number of carbonyl (C=O) groups is 1. The minimum atomic E-state index is -0.380. The first-order valence-electron chi connectivity index (χ1n) is 10.6. The van der Waals surface area contributed by atoms with Crippen molar-refractivity contribution in [2.24, 2.45) is 11.7 Å². The molecular weight excluding hydrogens is 402 g/mol. The molecule has 6 nitrogen and oxygen atoms in total. The summed E-state index contributed by atoms with van der Waals surface area (Å²) in [4.78, 5) is 14.9. The number of piperidine rings is 1. The summed E-state index contributed by atoms with van der Waals surface area (Å²) in [5.74, 6) is 7.03. The van der Waals surface area contributed by atoms with Crippen molar-refractivity contribution < 1.29 is 13.9 Å². The number of carbonyl (C=O) groups excluding carboxylic acids is 1. The van der Waals surface area contributed by atoms with Gasteiger partial charge in [0.1, 0.15) is 5.75 Å². The molecule has 3 N–H and O–H groups in total. The van der Waals surface area contributed by atoms with E-state index in [-0.39, 0.29) is 28.8 Å². The van der Waals surface area contributed by atoms with Gasteiger partial charge in [0.15, 0.2) is 11.5 Å². The third-order valence-electron chi connectivity index (χ3n) is 6.39. The zero-order chi connectivity index (χ0) is 22.1. The number of hydrogen-bond acceptors (Lipinski definition) is 4. The number of ether oxygens (including phenoxy) is 1. The lowest BCUT2D eigenvalue weighted by Crippen LogP contribution is -2.56. The van der Waals surface area contributed by atoms with E-state index in [0.29, 0.717) is 31.9 Å². The van der Waals surface area contributed by atoms with Gasteiger partial charge in [-0.15, -0.1) is 0 Å². The molecule has 1 saturated heterocycles. The third kappa shape index (κ3) is 3.42. The largest absolute Gasteiger partial charge is 0.492 e. The Kier molecular flexibility index (Phi) is 4.95. The maximum absolute atomic E-state index is 13.1. The van der Waals surface area contributed by atoms with Crippen LogP contribution < -0.4 is 10.5 Å². The first-order valence-corrected chi connectivity index (χ1v) is 10.6. The van der Waals surface area contributed by atoms with Gasteiger partial charge >= 0.3 is 0 Å². The monoisotopic (exact) mass is 425 g/mol. The molecular formula is C26H23N3O3. The van der Waals surface area contributed by atoms with E-state index < -0.39 is 0 Å². The van der Waals surface area contributed by atoms with Crippen LogP contribution in [0.5, 0.6) is 5.75 Å². The van der Waals surface area contributed by atoms with Gasteiger partial charge in [-0.25, -0.2) is 0 Å². The molecule has 2 aliphatic heterocycles. The van der Waals surface area contributed by atoms with Gasteiger partial charge in [-0.2, -0.15) is 0 Å². The Hall–Kier alpha value is -3.98. The summed E-state index contributed by atoms with van der Waals surface area (Å²) in [6.45, 7) is 1.35. The summed E-state index contributed by atoms with van der Waals surface area (Å²) >= 11 is 0. The van der Waals surface area contributed by atoms with Gasteiger partial charge in [0.05, 0.1) is 12.4 Å². The number of amides is 1. The van der Waals surface area contributed by atoms with Gasteiger partial charge in [0, 0.05) is 35.5 Å².